The van der Waals surface area contributed by atoms with Gasteiger partial charge >= 0.3 is 0 Å². The Morgan fingerprint density at radius 3 is 2.65 bits per heavy atom. The molecule has 0 saturated carbocycles. The molecule has 2 N–H and O–H groups in total. The molecule has 0 aliphatic rings. The third kappa shape index (κ3) is 2.42. The Labute approximate surface area is 123 Å². The standard InChI is InChI=1S/C16H16ClN3/c1-11(18)16-14(10-12-5-7-13(17)8-6-12)19-15-4-2-3-9-20(15)16/h2-9,11H,10,18H2,1H3. The van der Waals surface area contributed by atoms with Crippen LogP contribution in [-0.4, -0.2) is 9.38 Å². The van der Waals surface area contributed by atoms with Crippen LogP contribution in [0.15, 0.2) is 48.7 Å². The third-order valence-corrected chi connectivity index (χ3v) is 3.61. The number of benzene rings is 1. The van der Waals surface area contributed by atoms with Crippen molar-refractivity contribution in [1.29, 1.82) is 0 Å². The van der Waals surface area contributed by atoms with E-state index >= 15 is 0 Å². The van der Waals surface area contributed by atoms with Gasteiger partial charge in [0, 0.05) is 23.7 Å². The van der Waals surface area contributed by atoms with Gasteiger partial charge in [0.25, 0.3) is 0 Å². The zero-order valence-corrected chi connectivity index (χ0v) is 12.0. The second kappa shape index (κ2) is 5.27. The SMILES string of the molecule is CC(N)c1c(Cc2ccc(Cl)cc2)nc2ccccn12. The summed E-state index contributed by atoms with van der Waals surface area (Å²) in [6, 6.07) is 13.8. The van der Waals surface area contributed by atoms with E-state index in [-0.39, 0.29) is 6.04 Å². The number of nitrogens with zero attached hydrogens (tertiary/aromatic N) is 2. The van der Waals surface area contributed by atoms with E-state index in [1.165, 1.54) is 5.56 Å². The highest BCUT2D eigenvalue weighted by Gasteiger charge is 2.15. The lowest BCUT2D eigenvalue weighted by atomic mass is 10.1. The van der Waals surface area contributed by atoms with Crippen LogP contribution in [0.4, 0.5) is 0 Å². The highest BCUT2D eigenvalue weighted by Crippen LogP contribution is 2.21. The van der Waals surface area contributed by atoms with Crippen molar-refractivity contribution in [3.8, 4) is 0 Å². The van der Waals surface area contributed by atoms with Gasteiger partial charge in [-0.25, -0.2) is 4.98 Å². The minimum absolute atomic E-state index is 0.0605. The summed E-state index contributed by atoms with van der Waals surface area (Å²) < 4.78 is 2.07. The number of hydrogen-bond acceptors (Lipinski definition) is 2. The van der Waals surface area contributed by atoms with Gasteiger partial charge in [0.2, 0.25) is 0 Å². The van der Waals surface area contributed by atoms with Crippen molar-refractivity contribution in [3.63, 3.8) is 0 Å². The van der Waals surface area contributed by atoms with E-state index in [0.717, 1.165) is 28.5 Å². The zero-order chi connectivity index (χ0) is 14.1. The summed E-state index contributed by atoms with van der Waals surface area (Å²) in [4.78, 5) is 4.70. The van der Waals surface area contributed by atoms with Crippen LogP contribution in [0.2, 0.25) is 5.02 Å². The maximum absolute atomic E-state index is 6.12. The van der Waals surface area contributed by atoms with Crippen molar-refractivity contribution in [2.75, 3.05) is 0 Å². The number of imidazole rings is 1. The minimum Gasteiger partial charge on any atom is -0.323 e. The number of aromatic nitrogens is 2. The van der Waals surface area contributed by atoms with E-state index in [0.29, 0.717) is 0 Å². The molecule has 0 aliphatic carbocycles. The molecule has 2 aromatic heterocycles. The predicted molar refractivity (Wildman–Crippen MR) is 82.1 cm³/mol. The molecule has 2 heterocycles. The Kier molecular flexibility index (Phi) is 3.47. The largest absolute Gasteiger partial charge is 0.323 e. The fourth-order valence-electron chi connectivity index (χ4n) is 2.47. The topological polar surface area (TPSA) is 43.3 Å². The number of halogens is 1. The molecule has 3 nitrogen and oxygen atoms in total. The van der Waals surface area contributed by atoms with E-state index in [1.807, 2.05) is 55.6 Å². The molecule has 0 bridgehead atoms. The maximum atomic E-state index is 6.12. The van der Waals surface area contributed by atoms with E-state index in [9.17, 15) is 0 Å². The summed E-state index contributed by atoms with van der Waals surface area (Å²) in [6.07, 6.45) is 2.77. The number of hydrogen-bond donors (Lipinski definition) is 1. The molecule has 20 heavy (non-hydrogen) atoms. The molecule has 0 radical (unpaired) electrons. The molecule has 0 aliphatic heterocycles. The summed E-state index contributed by atoms with van der Waals surface area (Å²) in [7, 11) is 0. The molecule has 0 spiro atoms. The molecular weight excluding hydrogens is 270 g/mol. The molecule has 4 heteroatoms. The van der Waals surface area contributed by atoms with E-state index < -0.39 is 0 Å². The lowest BCUT2D eigenvalue weighted by Gasteiger charge is -2.08. The molecule has 1 aromatic carbocycles. The molecular formula is C16H16ClN3. The lowest BCUT2D eigenvalue weighted by Crippen LogP contribution is -2.11. The van der Waals surface area contributed by atoms with E-state index in [4.69, 9.17) is 22.3 Å². The molecule has 1 unspecified atom stereocenters. The van der Waals surface area contributed by atoms with Gasteiger partial charge in [-0.15, -0.1) is 0 Å². The smallest absolute Gasteiger partial charge is 0.137 e. The number of pyridine rings is 1. The van der Waals surface area contributed by atoms with Gasteiger partial charge < -0.3 is 10.1 Å². The Balaban J connectivity index is 2.06. The first kappa shape index (κ1) is 13.2. The monoisotopic (exact) mass is 285 g/mol. The van der Waals surface area contributed by atoms with Gasteiger partial charge in [-0.1, -0.05) is 29.8 Å². The fourth-order valence-corrected chi connectivity index (χ4v) is 2.60. The second-order valence-electron chi connectivity index (χ2n) is 4.96. The zero-order valence-electron chi connectivity index (χ0n) is 11.3. The highest BCUT2D eigenvalue weighted by atomic mass is 35.5. The minimum atomic E-state index is -0.0605. The number of nitrogens with two attached hydrogens (primary N) is 1. The maximum Gasteiger partial charge on any atom is 0.137 e. The summed E-state index contributed by atoms with van der Waals surface area (Å²) in [6.45, 7) is 1.99. The van der Waals surface area contributed by atoms with Gasteiger partial charge in [-0.2, -0.15) is 0 Å². The Morgan fingerprint density at radius 1 is 1.20 bits per heavy atom. The Morgan fingerprint density at radius 2 is 1.95 bits per heavy atom. The van der Waals surface area contributed by atoms with Crippen molar-refractivity contribution < 1.29 is 0 Å². The first-order chi connectivity index (χ1) is 9.65. The van der Waals surface area contributed by atoms with Crippen LogP contribution in [0.1, 0.15) is 29.9 Å². The highest BCUT2D eigenvalue weighted by molar-refractivity contribution is 6.30. The molecule has 1 atom stereocenters. The van der Waals surface area contributed by atoms with Crippen LogP contribution in [-0.2, 0) is 6.42 Å². The summed E-state index contributed by atoms with van der Waals surface area (Å²) in [5.74, 6) is 0. The molecule has 3 rings (SSSR count). The average molecular weight is 286 g/mol. The van der Waals surface area contributed by atoms with Gasteiger partial charge in [0.05, 0.1) is 11.4 Å². The molecule has 0 fully saturated rings. The third-order valence-electron chi connectivity index (χ3n) is 3.36. The molecule has 0 saturated heterocycles. The quantitative estimate of drug-likeness (QED) is 0.799. The summed E-state index contributed by atoms with van der Waals surface area (Å²) >= 11 is 5.92. The molecule has 3 aromatic rings. The molecule has 0 amide bonds. The average Bonchev–Trinajstić information content (AvgIpc) is 2.79. The van der Waals surface area contributed by atoms with Crippen LogP contribution < -0.4 is 5.73 Å². The summed E-state index contributed by atoms with van der Waals surface area (Å²) in [5, 5.41) is 0.746. The van der Waals surface area contributed by atoms with Gasteiger partial charge in [-0.3, -0.25) is 0 Å². The lowest BCUT2D eigenvalue weighted by molar-refractivity contribution is 0.755. The van der Waals surface area contributed by atoms with E-state index in [1.54, 1.807) is 0 Å². The van der Waals surface area contributed by atoms with E-state index in [2.05, 4.69) is 4.40 Å². The van der Waals surface area contributed by atoms with Crippen molar-refractivity contribution in [2.24, 2.45) is 5.73 Å². The van der Waals surface area contributed by atoms with Crippen molar-refractivity contribution in [3.05, 3.63) is 70.6 Å². The van der Waals surface area contributed by atoms with Crippen LogP contribution in [0.3, 0.4) is 0 Å². The van der Waals surface area contributed by atoms with Crippen LogP contribution in [0, 0.1) is 0 Å². The van der Waals surface area contributed by atoms with Gasteiger partial charge in [-0.05, 0) is 36.8 Å². The Bertz CT molecular complexity index is 729. The van der Waals surface area contributed by atoms with Crippen LogP contribution >= 0.6 is 11.6 Å². The second-order valence-corrected chi connectivity index (χ2v) is 5.40. The van der Waals surface area contributed by atoms with Gasteiger partial charge in [0.15, 0.2) is 0 Å². The first-order valence-corrected chi connectivity index (χ1v) is 6.99. The number of fused-ring (bicyclic) bond motifs is 1. The molecule has 102 valence electrons. The van der Waals surface area contributed by atoms with Crippen molar-refractivity contribution in [2.45, 2.75) is 19.4 Å². The van der Waals surface area contributed by atoms with Crippen LogP contribution in [0.5, 0.6) is 0 Å². The van der Waals surface area contributed by atoms with Crippen molar-refractivity contribution in [1.82, 2.24) is 9.38 Å². The number of rotatable bonds is 3. The normalized spacial score (nSPS) is 12.8. The predicted octanol–water partition coefficient (Wildman–Crippen LogP) is 3.60. The van der Waals surface area contributed by atoms with Crippen LogP contribution in [0.25, 0.3) is 5.65 Å². The van der Waals surface area contributed by atoms with Crippen molar-refractivity contribution >= 4 is 17.2 Å². The fraction of sp³-hybridized carbons (Fsp3) is 0.188. The summed E-state index contributed by atoms with van der Waals surface area (Å²) in [5.41, 5.74) is 10.3. The van der Waals surface area contributed by atoms with Gasteiger partial charge in [0.1, 0.15) is 5.65 Å². The Hall–Kier alpha value is -1.84. The first-order valence-electron chi connectivity index (χ1n) is 6.61.